The molecule has 0 spiro atoms. The third kappa shape index (κ3) is 1.72. The summed E-state index contributed by atoms with van der Waals surface area (Å²) in [6.45, 7) is 0.315. The summed E-state index contributed by atoms with van der Waals surface area (Å²) in [6, 6.07) is 1.91. The van der Waals surface area contributed by atoms with Crippen molar-refractivity contribution in [2.24, 2.45) is 0 Å². The molecule has 1 aromatic heterocycles. The van der Waals surface area contributed by atoms with Crippen molar-refractivity contribution < 1.29 is 14.6 Å². The van der Waals surface area contributed by atoms with Gasteiger partial charge in [0.05, 0.1) is 16.4 Å². The fourth-order valence-electron chi connectivity index (χ4n) is 2.26. The first-order chi connectivity index (χ1) is 9.50. The normalized spacial score (nSPS) is 13.5. The van der Waals surface area contributed by atoms with E-state index in [1.165, 1.54) is 4.57 Å². The standard InChI is InChI=1S/C13H10ClFN2O3/c14-7-5-8(15)10(6-11(7)18)17-12(19)9-3-1-2-4-16(9)13(17)20/h1-2,5-6,18-19H,3-4H2. The van der Waals surface area contributed by atoms with E-state index >= 15 is 0 Å². The minimum atomic E-state index is -0.805. The molecule has 0 fully saturated rings. The molecule has 0 saturated carbocycles. The number of phenolic OH excluding ortho intramolecular Hbond substituents is 1. The second kappa shape index (κ2) is 4.42. The molecule has 0 bridgehead atoms. The number of aromatic nitrogens is 2. The number of allylic oxidation sites excluding steroid dienone is 2. The first-order valence-electron chi connectivity index (χ1n) is 5.87. The lowest BCUT2D eigenvalue weighted by atomic mass is 10.2. The predicted molar refractivity (Wildman–Crippen MR) is 71.2 cm³/mol. The highest BCUT2D eigenvalue weighted by molar-refractivity contribution is 6.32. The lowest BCUT2D eigenvalue weighted by Crippen LogP contribution is -2.25. The van der Waals surface area contributed by atoms with Gasteiger partial charge in [-0.15, -0.1) is 0 Å². The van der Waals surface area contributed by atoms with E-state index in [9.17, 15) is 19.4 Å². The molecule has 0 radical (unpaired) electrons. The van der Waals surface area contributed by atoms with Gasteiger partial charge in [-0.25, -0.2) is 13.8 Å². The van der Waals surface area contributed by atoms with Crippen molar-refractivity contribution in [1.82, 2.24) is 9.13 Å². The van der Waals surface area contributed by atoms with Crippen molar-refractivity contribution in [1.29, 1.82) is 0 Å². The molecule has 1 aliphatic heterocycles. The summed E-state index contributed by atoms with van der Waals surface area (Å²) in [6.07, 6.45) is 3.98. The van der Waals surface area contributed by atoms with Gasteiger partial charge in [-0.05, 0) is 6.07 Å². The number of phenols is 1. The van der Waals surface area contributed by atoms with Gasteiger partial charge in [0.1, 0.15) is 11.6 Å². The molecule has 0 amide bonds. The van der Waals surface area contributed by atoms with Gasteiger partial charge in [0.15, 0.2) is 0 Å². The molecule has 5 nitrogen and oxygen atoms in total. The van der Waals surface area contributed by atoms with Crippen LogP contribution in [0.3, 0.4) is 0 Å². The highest BCUT2D eigenvalue weighted by atomic mass is 35.5. The van der Waals surface area contributed by atoms with Crippen LogP contribution in [0.5, 0.6) is 11.6 Å². The molecule has 0 saturated heterocycles. The number of benzene rings is 1. The first kappa shape index (κ1) is 12.8. The average Bonchev–Trinajstić information content (AvgIpc) is 2.68. The van der Waals surface area contributed by atoms with Crippen LogP contribution in [0.1, 0.15) is 5.69 Å². The minimum Gasteiger partial charge on any atom is -0.506 e. The third-order valence-electron chi connectivity index (χ3n) is 3.24. The Hall–Kier alpha value is -2.21. The average molecular weight is 297 g/mol. The number of hydrogen-bond acceptors (Lipinski definition) is 3. The van der Waals surface area contributed by atoms with Crippen molar-refractivity contribution in [3.63, 3.8) is 0 Å². The van der Waals surface area contributed by atoms with Crippen LogP contribution >= 0.6 is 11.6 Å². The summed E-state index contributed by atoms with van der Waals surface area (Å²) >= 11 is 5.60. The Labute approximate surface area is 117 Å². The van der Waals surface area contributed by atoms with Crippen LogP contribution in [0.2, 0.25) is 5.02 Å². The lowest BCUT2D eigenvalue weighted by molar-refractivity contribution is 0.430. The Morgan fingerprint density at radius 2 is 2.00 bits per heavy atom. The van der Waals surface area contributed by atoms with Crippen molar-refractivity contribution in [2.45, 2.75) is 13.0 Å². The molecular weight excluding hydrogens is 287 g/mol. The van der Waals surface area contributed by atoms with Gasteiger partial charge in [0.25, 0.3) is 0 Å². The van der Waals surface area contributed by atoms with E-state index in [1.54, 1.807) is 6.08 Å². The summed E-state index contributed by atoms with van der Waals surface area (Å²) in [5, 5.41) is 19.5. The van der Waals surface area contributed by atoms with Gasteiger partial charge in [0.2, 0.25) is 5.88 Å². The predicted octanol–water partition coefficient (Wildman–Crippen LogP) is 1.95. The Bertz CT molecular complexity index is 792. The molecule has 104 valence electrons. The Morgan fingerprint density at radius 3 is 2.70 bits per heavy atom. The molecule has 0 aliphatic carbocycles. The zero-order valence-electron chi connectivity index (χ0n) is 10.2. The van der Waals surface area contributed by atoms with E-state index in [0.717, 1.165) is 16.7 Å². The molecule has 2 heterocycles. The molecule has 0 unspecified atom stereocenters. The van der Waals surface area contributed by atoms with Crippen LogP contribution in [0.25, 0.3) is 5.69 Å². The number of aromatic hydroxyl groups is 2. The number of halogens is 2. The fraction of sp³-hybridized carbons (Fsp3) is 0.154. The molecule has 2 N–H and O–H groups in total. The van der Waals surface area contributed by atoms with E-state index in [0.29, 0.717) is 18.7 Å². The topological polar surface area (TPSA) is 67.4 Å². The van der Waals surface area contributed by atoms with Crippen molar-refractivity contribution in [3.05, 3.63) is 51.3 Å². The number of nitrogens with zero attached hydrogens (tertiary/aromatic N) is 2. The molecule has 1 aliphatic rings. The summed E-state index contributed by atoms with van der Waals surface area (Å²) in [4.78, 5) is 12.2. The summed E-state index contributed by atoms with van der Waals surface area (Å²) in [7, 11) is 0. The Kier molecular flexibility index (Phi) is 2.83. The largest absolute Gasteiger partial charge is 0.506 e. The highest BCUT2D eigenvalue weighted by Gasteiger charge is 2.23. The van der Waals surface area contributed by atoms with Gasteiger partial charge in [0, 0.05) is 19.0 Å². The molecular formula is C13H10ClFN2O3. The molecule has 20 heavy (non-hydrogen) atoms. The molecule has 7 heteroatoms. The Morgan fingerprint density at radius 1 is 1.25 bits per heavy atom. The quantitative estimate of drug-likeness (QED) is 0.791. The smallest absolute Gasteiger partial charge is 0.336 e. The van der Waals surface area contributed by atoms with Crippen LogP contribution in [-0.4, -0.2) is 19.3 Å². The van der Waals surface area contributed by atoms with Crippen LogP contribution in [0.4, 0.5) is 4.39 Å². The number of hydrogen-bond donors (Lipinski definition) is 2. The maximum atomic E-state index is 13.9. The lowest BCUT2D eigenvalue weighted by Gasteiger charge is -2.07. The van der Waals surface area contributed by atoms with Gasteiger partial charge >= 0.3 is 5.69 Å². The van der Waals surface area contributed by atoms with Crippen LogP contribution in [-0.2, 0) is 13.0 Å². The van der Waals surface area contributed by atoms with E-state index in [-0.39, 0.29) is 22.3 Å². The van der Waals surface area contributed by atoms with Crippen LogP contribution in [0.15, 0.2) is 29.1 Å². The summed E-state index contributed by atoms with van der Waals surface area (Å²) in [5.41, 5.74) is -0.398. The molecule has 0 atom stereocenters. The second-order valence-corrected chi connectivity index (χ2v) is 4.84. The van der Waals surface area contributed by atoms with Crippen molar-refractivity contribution >= 4 is 11.6 Å². The zero-order valence-corrected chi connectivity index (χ0v) is 10.9. The van der Waals surface area contributed by atoms with Gasteiger partial charge in [-0.2, -0.15) is 0 Å². The Balaban J connectivity index is 2.29. The number of fused-ring (bicyclic) bond motifs is 1. The zero-order chi connectivity index (χ0) is 14.4. The second-order valence-electron chi connectivity index (χ2n) is 4.43. The van der Waals surface area contributed by atoms with E-state index in [4.69, 9.17) is 11.6 Å². The fourth-order valence-corrected chi connectivity index (χ4v) is 2.41. The van der Waals surface area contributed by atoms with Crippen LogP contribution < -0.4 is 5.69 Å². The molecule has 2 aromatic rings. The van der Waals surface area contributed by atoms with E-state index in [2.05, 4.69) is 0 Å². The molecule has 3 rings (SSSR count). The van der Waals surface area contributed by atoms with E-state index in [1.807, 2.05) is 6.08 Å². The van der Waals surface area contributed by atoms with Crippen LogP contribution in [0, 0.1) is 5.82 Å². The summed E-state index contributed by atoms with van der Waals surface area (Å²) in [5.74, 6) is -1.50. The maximum absolute atomic E-state index is 13.9. The number of imidazole rings is 1. The third-order valence-corrected chi connectivity index (χ3v) is 3.54. The highest BCUT2D eigenvalue weighted by Crippen LogP contribution is 2.31. The van der Waals surface area contributed by atoms with Gasteiger partial charge in [-0.1, -0.05) is 23.8 Å². The molecule has 1 aromatic carbocycles. The van der Waals surface area contributed by atoms with Gasteiger partial charge in [-0.3, -0.25) is 4.57 Å². The minimum absolute atomic E-state index is 0.163. The van der Waals surface area contributed by atoms with Crippen molar-refractivity contribution in [3.8, 4) is 17.3 Å². The van der Waals surface area contributed by atoms with Crippen molar-refractivity contribution in [2.75, 3.05) is 0 Å². The summed E-state index contributed by atoms with van der Waals surface area (Å²) < 4.78 is 16.1. The maximum Gasteiger partial charge on any atom is 0.336 e. The first-order valence-corrected chi connectivity index (χ1v) is 6.25. The van der Waals surface area contributed by atoms with E-state index < -0.39 is 11.5 Å². The SMILES string of the molecule is O=c1n2c(c(O)n1-c1cc(O)c(Cl)cc1F)CC=CC2. The monoisotopic (exact) mass is 296 g/mol. The van der Waals surface area contributed by atoms with Gasteiger partial charge < -0.3 is 10.2 Å². The number of rotatable bonds is 1.